The van der Waals surface area contributed by atoms with Crippen LogP contribution in [0, 0.1) is 10.1 Å². The Labute approximate surface area is 143 Å². The Bertz CT molecular complexity index is 755. The first-order valence-electron chi connectivity index (χ1n) is 8.02. The molecule has 3 rings (SSSR count). The molecule has 2 aromatic rings. The first-order chi connectivity index (χ1) is 11.9. The zero-order chi connectivity index (χ0) is 18.0. The molecule has 1 aliphatic rings. The maximum Gasteiger partial charge on any atom is 0.423 e. The number of rotatable bonds is 3. The van der Waals surface area contributed by atoms with Crippen molar-refractivity contribution in [3.8, 4) is 0 Å². The van der Waals surface area contributed by atoms with Gasteiger partial charge in [0.05, 0.1) is 4.92 Å². The number of hydrogen-bond donors (Lipinski definition) is 0. The highest BCUT2D eigenvalue weighted by Gasteiger charge is 2.39. The van der Waals surface area contributed by atoms with Crippen LogP contribution in [0.5, 0.6) is 0 Å². The lowest BCUT2D eigenvalue weighted by Gasteiger charge is -2.34. The molecule has 0 radical (unpaired) electrons. The van der Waals surface area contributed by atoms with E-state index >= 15 is 0 Å². The molecule has 0 unspecified atom stereocenters. The van der Waals surface area contributed by atoms with Crippen molar-refractivity contribution in [2.24, 2.45) is 0 Å². The highest BCUT2D eigenvalue weighted by molar-refractivity contribution is 5.57. The van der Waals surface area contributed by atoms with Gasteiger partial charge in [-0.05, 0) is 36.5 Å². The Kier molecular flexibility index (Phi) is 4.65. The number of nitro groups is 1. The van der Waals surface area contributed by atoms with Gasteiger partial charge in [-0.3, -0.25) is 10.1 Å². The molecular formula is C18H17F3N2O2. The summed E-state index contributed by atoms with van der Waals surface area (Å²) in [4.78, 5) is 11.7. The molecule has 0 N–H and O–H groups in total. The number of nitro benzene ring substituents is 1. The van der Waals surface area contributed by atoms with Gasteiger partial charge in [0.1, 0.15) is 5.56 Å². The highest BCUT2D eigenvalue weighted by atomic mass is 19.4. The first-order valence-corrected chi connectivity index (χ1v) is 8.02. The fourth-order valence-corrected chi connectivity index (χ4v) is 3.30. The van der Waals surface area contributed by atoms with Gasteiger partial charge in [-0.1, -0.05) is 30.3 Å². The van der Waals surface area contributed by atoms with Gasteiger partial charge in [-0.25, -0.2) is 0 Å². The van der Waals surface area contributed by atoms with Gasteiger partial charge >= 0.3 is 6.18 Å². The molecule has 0 amide bonds. The van der Waals surface area contributed by atoms with Gasteiger partial charge in [0.15, 0.2) is 0 Å². The van der Waals surface area contributed by atoms with Crippen LogP contribution < -0.4 is 4.90 Å². The van der Waals surface area contributed by atoms with Crippen LogP contribution in [0.2, 0.25) is 0 Å². The highest BCUT2D eigenvalue weighted by Crippen LogP contribution is 2.39. The van der Waals surface area contributed by atoms with Crippen LogP contribution in [0.15, 0.2) is 48.5 Å². The van der Waals surface area contributed by atoms with Gasteiger partial charge in [0.2, 0.25) is 0 Å². The second-order valence-electron chi connectivity index (χ2n) is 6.13. The lowest BCUT2D eigenvalue weighted by Crippen LogP contribution is -2.33. The van der Waals surface area contributed by atoms with E-state index in [4.69, 9.17) is 0 Å². The molecule has 25 heavy (non-hydrogen) atoms. The lowest BCUT2D eigenvalue weighted by molar-refractivity contribution is -0.388. The Morgan fingerprint density at radius 1 is 1.04 bits per heavy atom. The molecule has 0 aliphatic carbocycles. The predicted molar refractivity (Wildman–Crippen MR) is 88.7 cm³/mol. The van der Waals surface area contributed by atoms with E-state index in [-0.39, 0.29) is 0 Å². The second-order valence-corrected chi connectivity index (χ2v) is 6.13. The maximum atomic E-state index is 13.1. The van der Waals surface area contributed by atoms with E-state index in [1.807, 2.05) is 23.1 Å². The number of hydrogen-bond acceptors (Lipinski definition) is 3. The average molecular weight is 350 g/mol. The molecule has 1 fully saturated rings. The fraction of sp³-hybridized carbons (Fsp3) is 0.333. The van der Waals surface area contributed by atoms with E-state index in [0.717, 1.165) is 25.0 Å². The molecular weight excluding hydrogens is 333 g/mol. The largest absolute Gasteiger partial charge is 0.423 e. The zero-order valence-electron chi connectivity index (χ0n) is 13.4. The molecule has 0 spiro atoms. The Hall–Kier alpha value is -2.57. The standard InChI is InChI=1S/C18H17F3N2O2/c19-18(20,21)16-12-15(6-7-17(16)23(24)25)22-10-8-14(9-11-22)13-4-2-1-3-5-13/h1-7,12,14H,8-11H2. The molecule has 1 heterocycles. The molecule has 0 atom stereocenters. The zero-order valence-corrected chi connectivity index (χ0v) is 13.4. The smallest absolute Gasteiger partial charge is 0.371 e. The van der Waals surface area contributed by atoms with Gasteiger partial charge in [-0.2, -0.15) is 13.2 Å². The van der Waals surface area contributed by atoms with Gasteiger partial charge in [-0.15, -0.1) is 0 Å². The lowest BCUT2D eigenvalue weighted by atomic mass is 9.89. The van der Waals surface area contributed by atoms with Crippen molar-refractivity contribution in [2.75, 3.05) is 18.0 Å². The van der Waals surface area contributed by atoms with Gasteiger partial charge in [0.25, 0.3) is 5.69 Å². The number of halogens is 3. The molecule has 1 saturated heterocycles. The Morgan fingerprint density at radius 3 is 2.24 bits per heavy atom. The summed E-state index contributed by atoms with van der Waals surface area (Å²) in [6, 6.07) is 13.3. The second kappa shape index (κ2) is 6.74. The molecule has 132 valence electrons. The summed E-state index contributed by atoms with van der Waals surface area (Å²) in [5.41, 5.74) is -0.484. The monoisotopic (exact) mass is 350 g/mol. The summed E-state index contributed by atoms with van der Waals surface area (Å²) >= 11 is 0. The van der Waals surface area contributed by atoms with Crippen LogP contribution in [0.1, 0.15) is 29.9 Å². The van der Waals surface area contributed by atoms with Crippen LogP contribution in [0.3, 0.4) is 0 Å². The summed E-state index contributed by atoms with van der Waals surface area (Å²) in [6.07, 6.45) is -3.08. The number of nitrogens with zero attached hydrogens (tertiary/aromatic N) is 2. The topological polar surface area (TPSA) is 46.4 Å². The number of piperidine rings is 1. The third kappa shape index (κ3) is 3.75. The summed E-state index contributed by atoms with van der Waals surface area (Å²) in [5, 5.41) is 10.8. The normalized spacial score (nSPS) is 16.0. The maximum absolute atomic E-state index is 13.1. The summed E-state index contributed by atoms with van der Waals surface area (Å²) in [7, 11) is 0. The van der Waals surface area contributed by atoms with Crippen LogP contribution in [0.25, 0.3) is 0 Å². The van der Waals surface area contributed by atoms with Crippen LogP contribution >= 0.6 is 0 Å². The van der Waals surface area contributed by atoms with E-state index in [1.165, 1.54) is 11.6 Å². The van der Waals surface area contributed by atoms with E-state index in [2.05, 4.69) is 12.1 Å². The average Bonchev–Trinajstić information content (AvgIpc) is 2.61. The fourth-order valence-electron chi connectivity index (χ4n) is 3.30. The molecule has 2 aromatic carbocycles. The van der Waals surface area contributed by atoms with Crippen LogP contribution in [-0.2, 0) is 6.18 Å². The minimum atomic E-state index is -4.75. The quantitative estimate of drug-likeness (QED) is 0.578. The SMILES string of the molecule is O=[N+]([O-])c1ccc(N2CCC(c3ccccc3)CC2)cc1C(F)(F)F. The Morgan fingerprint density at radius 2 is 1.68 bits per heavy atom. The van der Waals surface area contributed by atoms with Crippen molar-refractivity contribution in [1.82, 2.24) is 0 Å². The van der Waals surface area contributed by atoms with Gasteiger partial charge < -0.3 is 4.90 Å². The predicted octanol–water partition coefficient (Wildman–Crippen LogP) is 5.00. The van der Waals surface area contributed by atoms with Crippen molar-refractivity contribution >= 4 is 11.4 Å². The summed E-state index contributed by atoms with van der Waals surface area (Å²) < 4.78 is 39.3. The number of alkyl halides is 3. The third-order valence-corrected chi connectivity index (χ3v) is 4.61. The molecule has 0 saturated carbocycles. The van der Waals surface area contributed by atoms with Crippen molar-refractivity contribution in [3.63, 3.8) is 0 Å². The molecule has 0 aromatic heterocycles. The third-order valence-electron chi connectivity index (χ3n) is 4.61. The van der Waals surface area contributed by atoms with E-state index in [9.17, 15) is 23.3 Å². The van der Waals surface area contributed by atoms with Crippen molar-refractivity contribution < 1.29 is 18.1 Å². The van der Waals surface area contributed by atoms with Crippen LogP contribution in [-0.4, -0.2) is 18.0 Å². The summed E-state index contributed by atoms with van der Waals surface area (Å²) in [5.74, 6) is 0.387. The molecule has 4 nitrogen and oxygen atoms in total. The number of benzene rings is 2. The minimum Gasteiger partial charge on any atom is -0.371 e. The van der Waals surface area contributed by atoms with E-state index in [0.29, 0.717) is 24.7 Å². The van der Waals surface area contributed by atoms with E-state index < -0.39 is 22.4 Å². The van der Waals surface area contributed by atoms with Crippen molar-refractivity contribution in [3.05, 3.63) is 69.8 Å². The Balaban J connectivity index is 1.78. The van der Waals surface area contributed by atoms with E-state index in [1.54, 1.807) is 0 Å². The minimum absolute atomic E-state index is 0.379. The molecule has 7 heteroatoms. The van der Waals surface area contributed by atoms with Crippen molar-refractivity contribution in [1.29, 1.82) is 0 Å². The molecule has 1 aliphatic heterocycles. The van der Waals surface area contributed by atoms with Crippen molar-refractivity contribution in [2.45, 2.75) is 24.9 Å². The van der Waals surface area contributed by atoms with Gasteiger partial charge in [0, 0.05) is 24.8 Å². The number of anilines is 1. The summed E-state index contributed by atoms with van der Waals surface area (Å²) in [6.45, 7) is 1.24. The molecule has 0 bridgehead atoms. The van der Waals surface area contributed by atoms with Crippen LogP contribution in [0.4, 0.5) is 24.5 Å². The first kappa shape index (κ1) is 17.3.